The Morgan fingerprint density at radius 3 is 2.45 bits per heavy atom. The summed E-state index contributed by atoms with van der Waals surface area (Å²) in [5, 5.41) is 6.40. The largest absolute Gasteiger partial charge is 0.456 e. The Bertz CT molecular complexity index is 1060. The van der Waals surface area contributed by atoms with E-state index in [-0.39, 0.29) is 5.91 Å². The Hall–Kier alpha value is -2.94. The Balaban J connectivity index is 1.30. The fourth-order valence-electron chi connectivity index (χ4n) is 5.11. The summed E-state index contributed by atoms with van der Waals surface area (Å²) >= 11 is 0. The van der Waals surface area contributed by atoms with Crippen LogP contribution in [0.5, 0.6) is 0 Å². The predicted octanol–water partition coefficient (Wildman–Crippen LogP) is 3.75. The molecule has 206 valence electrons. The van der Waals surface area contributed by atoms with E-state index in [0.29, 0.717) is 23.7 Å². The van der Waals surface area contributed by atoms with Gasteiger partial charge in [-0.15, -0.1) is 0 Å². The molecule has 2 unspecified atom stereocenters. The van der Waals surface area contributed by atoms with E-state index < -0.39 is 17.6 Å². The van der Waals surface area contributed by atoms with Crippen molar-refractivity contribution in [1.29, 1.82) is 0 Å². The number of anilines is 2. The van der Waals surface area contributed by atoms with E-state index in [0.717, 1.165) is 57.2 Å². The molecule has 0 aliphatic carbocycles. The smallest absolute Gasteiger partial charge is 0.338 e. The minimum atomic E-state index is -0.688. The standard InChI is InChI=1S/C30H42N4O4/c1-30(2,3)38-29(36)23-6-8-24(9-7-23)33-28(35)27(31)19-21-4-10-25(11-5-21)34-15-14-32-20-26(34)18-22-12-16-37-17-13-22/h4-11,22,26-27,32H,12-20,31H2,1-3H3,(H,33,35). The van der Waals surface area contributed by atoms with Gasteiger partial charge in [0.2, 0.25) is 5.91 Å². The molecule has 4 N–H and O–H groups in total. The number of carbonyl (C=O) groups is 2. The summed E-state index contributed by atoms with van der Waals surface area (Å²) in [7, 11) is 0. The van der Waals surface area contributed by atoms with Crippen molar-refractivity contribution in [2.75, 3.05) is 43.1 Å². The van der Waals surface area contributed by atoms with Crippen molar-refractivity contribution in [3.63, 3.8) is 0 Å². The van der Waals surface area contributed by atoms with Gasteiger partial charge in [0, 0.05) is 50.3 Å². The quantitative estimate of drug-likeness (QED) is 0.454. The molecule has 4 rings (SSSR count). The zero-order chi connectivity index (χ0) is 27.1. The van der Waals surface area contributed by atoms with Crippen molar-refractivity contribution in [3.8, 4) is 0 Å². The third-order valence-electron chi connectivity index (χ3n) is 7.14. The molecule has 2 aliphatic heterocycles. The topological polar surface area (TPSA) is 106 Å². The summed E-state index contributed by atoms with van der Waals surface area (Å²) in [4.78, 5) is 27.4. The van der Waals surface area contributed by atoms with E-state index in [1.807, 2.05) is 20.8 Å². The highest BCUT2D eigenvalue weighted by molar-refractivity contribution is 5.96. The first-order chi connectivity index (χ1) is 18.2. The van der Waals surface area contributed by atoms with E-state index in [1.54, 1.807) is 24.3 Å². The third kappa shape index (κ3) is 8.03. The van der Waals surface area contributed by atoms with Gasteiger partial charge in [-0.25, -0.2) is 4.79 Å². The zero-order valence-electron chi connectivity index (χ0n) is 22.9. The molecular weight excluding hydrogens is 480 g/mol. The molecule has 2 aliphatic rings. The number of nitrogens with two attached hydrogens (primary N) is 1. The molecule has 2 saturated heterocycles. The molecule has 8 heteroatoms. The van der Waals surface area contributed by atoms with Gasteiger partial charge >= 0.3 is 5.97 Å². The Morgan fingerprint density at radius 2 is 1.79 bits per heavy atom. The number of nitrogens with one attached hydrogen (secondary N) is 2. The number of ether oxygens (including phenoxy) is 2. The maximum atomic E-state index is 12.7. The van der Waals surface area contributed by atoms with Crippen molar-refractivity contribution in [3.05, 3.63) is 59.7 Å². The number of benzene rings is 2. The molecule has 0 bridgehead atoms. The van der Waals surface area contributed by atoms with Gasteiger partial charge in [-0.2, -0.15) is 0 Å². The molecule has 2 atom stereocenters. The monoisotopic (exact) mass is 522 g/mol. The van der Waals surface area contributed by atoms with Crippen LogP contribution in [0.3, 0.4) is 0 Å². The molecule has 2 fully saturated rings. The number of hydrogen-bond donors (Lipinski definition) is 3. The van der Waals surface area contributed by atoms with Gasteiger partial charge in [0.15, 0.2) is 0 Å². The minimum absolute atomic E-state index is 0.266. The molecule has 0 aromatic heterocycles. The number of rotatable bonds is 8. The fraction of sp³-hybridized carbons (Fsp3) is 0.533. The molecule has 2 aromatic rings. The van der Waals surface area contributed by atoms with Crippen molar-refractivity contribution in [1.82, 2.24) is 5.32 Å². The number of esters is 1. The second-order valence-electron chi connectivity index (χ2n) is 11.4. The number of piperazine rings is 1. The Morgan fingerprint density at radius 1 is 1.11 bits per heavy atom. The molecule has 8 nitrogen and oxygen atoms in total. The molecule has 0 saturated carbocycles. The van der Waals surface area contributed by atoms with E-state index in [1.165, 1.54) is 12.1 Å². The van der Waals surface area contributed by atoms with Crippen LogP contribution in [0, 0.1) is 5.92 Å². The average Bonchev–Trinajstić information content (AvgIpc) is 2.89. The second kappa shape index (κ2) is 12.7. The van der Waals surface area contributed by atoms with Crippen molar-refractivity contribution >= 4 is 23.3 Å². The second-order valence-corrected chi connectivity index (χ2v) is 11.4. The van der Waals surface area contributed by atoms with Crippen LogP contribution in [-0.4, -0.2) is 62.4 Å². The molecule has 2 aromatic carbocycles. The first-order valence-corrected chi connectivity index (χ1v) is 13.7. The highest BCUT2D eigenvalue weighted by Crippen LogP contribution is 2.27. The zero-order valence-corrected chi connectivity index (χ0v) is 22.9. The summed E-state index contributed by atoms with van der Waals surface area (Å²) in [5.41, 5.74) is 8.93. The van der Waals surface area contributed by atoms with Gasteiger partial charge in [-0.1, -0.05) is 12.1 Å². The number of amides is 1. The normalized spacial score (nSPS) is 19.6. The third-order valence-corrected chi connectivity index (χ3v) is 7.14. The van der Waals surface area contributed by atoms with Crippen molar-refractivity contribution in [2.24, 2.45) is 11.7 Å². The van der Waals surface area contributed by atoms with E-state index >= 15 is 0 Å². The van der Waals surface area contributed by atoms with Crippen LogP contribution >= 0.6 is 0 Å². The molecule has 1 amide bonds. The van der Waals surface area contributed by atoms with E-state index in [4.69, 9.17) is 15.2 Å². The highest BCUT2D eigenvalue weighted by atomic mass is 16.6. The summed E-state index contributed by atoms with van der Waals surface area (Å²) in [6.07, 6.45) is 3.92. The lowest BCUT2D eigenvalue weighted by Gasteiger charge is -2.40. The molecule has 38 heavy (non-hydrogen) atoms. The maximum Gasteiger partial charge on any atom is 0.338 e. The first-order valence-electron chi connectivity index (χ1n) is 13.7. The van der Waals surface area contributed by atoms with Gasteiger partial charge in [-0.05, 0) is 94.3 Å². The van der Waals surface area contributed by atoms with Gasteiger partial charge in [0.1, 0.15) is 5.60 Å². The molecule has 0 spiro atoms. The summed E-state index contributed by atoms with van der Waals surface area (Å²) < 4.78 is 10.9. The maximum absolute atomic E-state index is 12.7. The predicted molar refractivity (Wildman–Crippen MR) is 151 cm³/mol. The summed E-state index contributed by atoms with van der Waals surface area (Å²) in [5.74, 6) is 0.0596. The van der Waals surface area contributed by atoms with Crippen molar-refractivity contribution in [2.45, 2.75) is 64.1 Å². The number of nitrogens with zero attached hydrogens (tertiary/aromatic N) is 1. The lowest BCUT2D eigenvalue weighted by molar-refractivity contribution is -0.117. The first kappa shape index (κ1) is 28.1. The van der Waals surface area contributed by atoms with Crippen LogP contribution in [-0.2, 0) is 20.7 Å². The van der Waals surface area contributed by atoms with Crippen LogP contribution in [0.2, 0.25) is 0 Å². The number of carbonyl (C=O) groups excluding carboxylic acids is 2. The Labute approximate surface area is 226 Å². The molecule has 0 radical (unpaired) electrons. The molecule has 2 heterocycles. The van der Waals surface area contributed by atoms with Crippen LogP contribution < -0.4 is 21.3 Å². The number of hydrogen-bond acceptors (Lipinski definition) is 7. The lowest BCUT2D eigenvalue weighted by atomic mass is 9.91. The van der Waals surface area contributed by atoms with Gasteiger partial charge in [0.05, 0.1) is 11.6 Å². The van der Waals surface area contributed by atoms with E-state index in [9.17, 15) is 9.59 Å². The van der Waals surface area contributed by atoms with Crippen LogP contribution in [0.25, 0.3) is 0 Å². The van der Waals surface area contributed by atoms with Gasteiger partial charge in [0.25, 0.3) is 0 Å². The SMILES string of the molecule is CC(C)(C)OC(=O)c1ccc(NC(=O)C(N)Cc2ccc(N3CCNCC3CC3CCOCC3)cc2)cc1. The van der Waals surface area contributed by atoms with Crippen molar-refractivity contribution < 1.29 is 19.1 Å². The fourth-order valence-corrected chi connectivity index (χ4v) is 5.11. The summed E-state index contributed by atoms with van der Waals surface area (Å²) in [6, 6.07) is 14.9. The van der Waals surface area contributed by atoms with Crippen LogP contribution in [0.1, 0.15) is 56.0 Å². The van der Waals surface area contributed by atoms with Crippen LogP contribution in [0.15, 0.2) is 48.5 Å². The van der Waals surface area contributed by atoms with E-state index in [2.05, 4.69) is 39.8 Å². The lowest BCUT2D eigenvalue weighted by Crippen LogP contribution is -2.52. The highest BCUT2D eigenvalue weighted by Gasteiger charge is 2.27. The summed E-state index contributed by atoms with van der Waals surface area (Å²) in [6.45, 7) is 10.2. The Kier molecular flexibility index (Phi) is 9.41. The van der Waals surface area contributed by atoms with Crippen LogP contribution in [0.4, 0.5) is 11.4 Å². The van der Waals surface area contributed by atoms with Gasteiger partial charge < -0.3 is 30.7 Å². The average molecular weight is 523 g/mol. The van der Waals surface area contributed by atoms with Gasteiger partial charge in [-0.3, -0.25) is 4.79 Å². The minimum Gasteiger partial charge on any atom is -0.456 e. The molecular formula is C30H42N4O4.